The second-order valence-electron chi connectivity index (χ2n) is 9.60. The number of hydrogen-bond donors (Lipinski definition) is 3. The van der Waals surface area contributed by atoms with Gasteiger partial charge in [0.15, 0.2) is 5.65 Å². The van der Waals surface area contributed by atoms with E-state index in [1.54, 1.807) is 35.0 Å². The Balaban J connectivity index is 1.38. The van der Waals surface area contributed by atoms with Crippen molar-refractivity contribution in [3.63, 3.8) is 0 Å². The molecule has 0 aliphatic carbocycles. The van der Waals surface area contributed by atoms with E-state index in [-0.39, 0.29) is 40.7 Å². The molecule has 1 aromatic carbocycles. The Labute approximate surface area is 236 Å². The van der Waals surface area contributed by atoms with Crippen molar-refractivity contribution in [3.8, 4) is 17.0 Å². The van der Waals surface area contributed by atoms with E-state index in [2.05, 4.69) is 25.8 Å². The molecule has 0 atom stereocenters. The van der Waals surface area contributed by atoms with Gasteiger partial charge < -0.3 is 25.4 Å². The van der Waals surface area contributed by atoms with Gasteiger partial charge in [-0.2, -0.15) is 19.0 Å². The number of fused-ring (bicyclic) bond motifs is 2. The highest BCUT2D eigenvalue weighted by molar-refractivity contribution is 7.99. The van der Waals surface area contributed by atoms with Crippen LogP contribution in [0.5, 0.6) is 5.75 Å². The quantitative estimate of drug-likeness (QED) is 0.299. The summed E-state index contributed by atoms with van der Waals surface area (Å²) >= 11 is 1.55. The van der Waals surface area contributed by atoms with Crippen LogP contribution in [0.1, 0.15) is 23.2 Å². The fourth-order valence-electron chi connectivity index (χ4n) is 4.87. The first kappa shape index (κ1) is 27.0. The fraction of sp³-hybridized carbons (Fsp3) is 0.346. The van der Waals surface area contributed by atoms with E-state index >= 15 is 0 Å². The predicted octanol–water partition coefficient (Wildman–Crippen LogP) is 2.95. The number of anilines is 2. The summed E-state index contributed by atoms with van der Waals surface area (Å²) in [4.78, 5) is 33.1. The summed E-state index contributed by atoms with van der Waals surface area (Å²) in [5, 5.41) is 24.5. The molecule has 2 aliphatic heterocycles. The Morgan fingerprint density at radius 1 is 1.27 bits per heavy atom. The van der Waals surface area contributed by atoms with Gasteiger partial charge in [0, 0.05) is 60.5 Å². The highest BCUT2D eigenvalue weighted by atomic mass is 32.2. The number of aliphatic hydroxyl groups excluding tert-OH is 1. The zero-order valence-electron chi connectivity index (χ0n) is 21.7. The minimum Gasteiger partial charge on any atom is -0.434 e. The maximum absolute atomic E-state index is 13.5. The van der Waals surface area contributed by atoms with Crippen molar-refractivity contribution in [2.45, 2.75) is 37.0 Å². The van der Waals surface area contributed by atoms with Crippen molar-refractivity contribution >= 4 is 40.6 Å². The van der Waals surface area contributed by atoms with E-state index in [1.165, 1.54) is 33.9 Å². The van der Waals surface area contributed by atoms with Crippen LogP contribution in [0, 0.1) is 0 Å². The molecule has 0 spiro atoms. The molecule has 1 fully saturated rings. The van der Waals surface area contributed by atoms with Crippen LogP contribution in [0.25, 0.3) is 16.9 Å². The molecule has 2 aliphatic rings. The van der Waals surface area contributed by atoms with Gasteiger partial charge in [0.1, 0.15) is 23.6 Å². The van der Waals surface area contributed by atoms with Crippen LogP contribution in [0.4, 0.5) is 20.2 Å². The summed E-state index contributed by atoms with van der Waals surface area (Å²) in [5.41, 5.74) is 1.78. The Morgan fingerprint density at radius 2 is 2.10 bits per heavy atom. The molecule has 6 rings (SSSR count). The minimum atomic E-state index is -3.09. The third-order valence-electron chi connectivity index (χ3n) is 6.88. The highest BCUT2D eigenvalue weighted by Crippen LogP contribution is 2.43. The number of nitrogens with one attached hydrogen (secondary N) is 2. The Bertz CT molecular complexity index is 1600. The smallest absolute Gasteiger partial charge is 0.387 e. The molecule has 15 heteroatoms. The van der Waals surface area contributed by atoms with E-state index in [0.29, 0.717) is 43.8 Å². The average molecular weight is 585 g/mol. The van der Waals surface area contributed by atoms with E-state index in [4.69, 9.17) is 4.74 Å². The molecule has 4 aromatic rings. The summed E-state index contributed by atoms with van der Waals surface area (Å²) in [7, 11) is 0. The summed E-state index contributed by atoms with van der Waals surface area (Å²) in [6.45, 7) is -1.74. The standard InChI is InChI=1S/C26H26F2N8O4S/c27-26(28)40-20-11-18-21(41-9-5-29-18)10-16(20)23-19(32-25(39)17-12-31-36-6-1-4-30-24(17)36)13-35(33-23)14-22(38)34-7-2-15(37)3-8-34/h1,4,6,10-13,15,26,29,37H,2-3,5,7-9,14H2,(H,32,39). The SMILES string of the molecule is O=C(Nc1cn(CC(=O)N2CCC(O)CC2)nc1-c1cc2c(cc1OC(F)F)NCCS2)c1cnn2cccnc12. The Kier molecular flexibility index (Phi) is 7.45. The number of carbonyl (C=O) groups excluding carboxylic acids is 2. The number of ether oxygens (including phenoxy) is 1. The molecule has 2 amide bonds. The number of aromatic nitrogens is 5. The number of alkyl halides is 2. The lowest BCUT2D eigenvalue weighted by molar-refractivity contribution is -0.134. The van der Waals surface area contributed by atoms with Gasteiger partial charge >= 0.3 is 6.61 Å². The summed E-state index contributed by atoms with van der Waals surface area (Å²) in [6.07, 6.45) is 6.59. The van der Waals surface area contributed by atoms with Crippen LogP contribution in [-0.2, 0) is 11.3 Å². The maximum atomic E-state index is 13.5. The van der Waals surface area contributed by atoms with Crippen LogP contribution < -0.4 is 15.4 Å². The molecule has 12 nitrogen and oxygen atoms in total. The van der Waals surface area contributed by atoms with Crippen LogP contribution >= 0.6 is 11.8 Å². The number of likely N-dealkylation sites (tertiary alicyclic amines) is 1. The van der Waals surface area contributed by atoms with Gasteiger partial charge in [-0.3, -0.25) is 14.3 Å². The van der Waals surface area contributed by atoms with Crippen molar-refractivity contribution in [2.24, 2.45) is 0 Å². The first-order valence-corrected chi connectivity index (χ1v) is 14.0. The van der Waals surface area contributed by atoms with Crippen molar-refractivity contribution in [2.75, 3.05) is 36.0 Å². The minimum absolute atomic E-state index is 0.122. The number of nitrogens with zero attached hydrogens (tertiary/aromatic N) is 6. The zero-order valence-corrected chi connectivity index (χ0v) is 22.5. The Hall–Kier alpha value is -4.24. The van der Waals surface area contributed by atoms with E-state index in [0.717, 1.165) is 10.6 Å². The molecule has 3 aromatic heterocycles. The van der Waals surface area contributed by atoms with Gasteiger partial charge in [0.2, 0.25) is 5.91 Å². The molecule has 41 heavy (non-hydrogen) atoms. The number of rotatable bonds is 7. The molecule has 0 unspecified atom stereocenters. The number of amides is 2. The number of hydrogen-bond acceptors (Lipinski definition) is 9. The molecule has 0 radical (unpaired) electrons. The zero-order chi connectivity index (χ0) is 28.5. The number of halogens is 2. The first-order chi connectivity index (χ1) is 19.9. The first-order valence-electron chi connectivity index (χ1n) is 13.0. The summed E-state index contributed by atoms with van der Waals surface area (Å²) in [5.74, 6) is -0.102. The molecular weight excluding hydrogens is 558 g/mol. The van der Waals surface area contributed by atoms with Gasteiger partial charge in [-0.15, -0.1) is 11.8 Å². The fourth-order valence-corrected chi connectivity index (χ4v) is 5.78. The second-order valence-corrected chi connectivity index (χ2v) is 10.7. The van der Waals surface area contributed by atoms with Gasteiger partial charge in [-0.1, -0.05) is 0 Å². The van der Waals surface area contributed by atoms with Crippen LogP contribution in [0.3, 0.4) is 0 Å². The molecule has 0 saturated carbocycles. The number of piperidine rings is 1. The number of thioether (sulfide) groups is 1. The normalized spacial score (nSPS) is 15.6. The van der Waals surface area contributed by atoms with Gasteiger partial charge in [-0.05, 0) is 25.0 Å². The number of benzene rings is 1. The topological polar surface area (TPSA) is 139 Å². The van der Waals surface area contributed by atoms with Gasteiger partial charge in [0.25, 0.3) is 5.91 Å². The summed E-state index contributed by atoms with van der Waals surface area (Å²) < 4.78 is 34.7. The van der Waals surface area contributed by atoms with Crippen molar-refractivity contribution in [1.29, 1.82) is 0 Å². The van der Waals surface area contributed by atoms with E-state index in [1.807, 2.05) is 0 Å². The van der Waals surface area contributed by atoms with Gasteiger partial charge in [-0.25, -0.2) is 9.50 Å². The maximum Gasteiger partial charge on any atom is 0.387 e. The predicted molar refractivity (Wildman–Crippen MR) is 146 cm³/mol. The largest absolute Gasteiger partial charge is 0.434 e. The Morgan fingerprint density at radius 3 is 2.90 bits per heavy atom. The third kappa shape index (κ3) is 5.67. The lowest BCUT2D eigenvalue weighted by Crippen LogP contribution is -2.41. The molecule has 5 heterocycles. The molecule has 1 saturated heterocycles. The molecule has 214 valence electrons. The second kappa shape index (κ2) is 11.3. The van der Waals surface area contributed by atoms with Crippen LogP contribution in [0.15, 0.2) is 47.9 Å². The van der Waals surface area contributed by atoms with Crippen molar-refractivity contribution < 1.29 is 28.2 Å². The molecule has 3 N–H and O–H groups in total. The van der Waals surface area contributed by atoms with E-state index in [9.17, 15) is 23.5 Å². The highest BCUT2D eigenvalue weighted by Gasteiger charge is 2.26. The molecule has 0 bridgehead atoms. The monoisotopic (exact) mass is 584 g/mol. The number of carbonyl (C=O) groups is 2. The lowest BCUT2D eigenvalue weighted by Gasteiger charge is -2.29. The lowest BCUT2D eigenvalue weighted by atomic mass is 10.1. The van der Waals surface area contributed by atoms with Crippen molar-refractivity contribution in [3.05, 3.63) is 48.5 Å². The summed E-state index contributed by atoms with van der Waals surface area (Å²) in [6, 6.07) is 4.86. The average Bonchev–Trinajstić information content (AvgIpc) is 3.56. The third-order valence-corrected chi connectivity index (χ3v) is 7.93. The molecular formula is C26H26F2N8O4S. The number of aliphatic hydroxyl groups is 1. The van der Waals surface area contributed by atoms with Crippen LogP contribution in [0.2, 0.25) is 0 Å². The van der Waals surface area contributed by atoms with Crippen molar-refractivity contribution in [1.82, 2.24) is 29.3 Å². The van der Waals surface area contributed by atoms with Crippen LogP contribution in [-0.4, -0.2) is 84.3 Å². The van der Waals surface area contributed by atoms with Gasteiger partial charge in [0.05, 0.1) is 23.7 Å². The van der Waals surface area contributed by atoms with E-state index < -0.39 is 18.6 Å².